The molecule has 1 aliphatic rings. The molecule has 1 aliphatic heterocycles. The van der Waals surface area contributed by atoms with Crippen molar-refractivity contribution in [3.05, 3.63) is 65.5 Å². The summed E-state index contributed by atoms with van der Waals surface area (Å²) in [5.74, 6) is -2.05. The van der Waals surface area contributed by atoms with Crippen LogP contribution in [0.5, 0.6) is 0 Å². The van der Waals surface area contributed by atoms with Gasteiger partial charge in [0.15, 0.2) is 0 Å². The summed E-state index contributed by atoms with van der Waals surface area (Å²) in [5, 5.41) is 2.74. The lowest BCUT2D eigenvalue weighted by molar-refractivity contribution is -0.121. The van der Waals surface area contributed by atoms with Gasteiger partial charge in [-0.3, -0.25) is 14.4 Å². The maximum absolute atomic E-state index is 13.8. The van der Waals surface area contributed by atoms with Crippen molar-refractivity contribution >= 4 is 23.4 Å². The summed E-state index contributed by atoms with van der Waals surface area (Å²) in [6.45, 7) is 0.728. The Bertz CT molecular complexity index is 876. The first-order chi connectivity index (χ1) is 13.0. The zero-order valence-electron chi connectivity index (χ0n) is 14.7. The highest BCUT2D eigenvalue weighted by Gasteiger charge is 2.29. The van der Waals surface area contributed by atoms with E-state index in [4.69, 9.17) is 5.73 Å². The molecular weight excluding hydrogens is 349 g/mol. The number of nitrogens with zero attached hydrogens (tertiary/aromatic N) is 1. The molecule has 3 amide bonds. The molecule has 0 atom stereocenters. The second kappa shape index (κ2) is 7.99. The molecule has 1 saturated heterocycles. The van der Waals surface area contributed by atoms with Crippen molar-refractivity contribution in [2.45, 2.75) is 12.8 Å². The molecule has 0 bridgehead atoms. The van der Waals surface area contributed by atoms with Gasteiger partial charge in [0.05, 0.1) is 16.8 Å². The molecule has 3 N–H and O–H groups in total. The Kier molecular flexibility index (Phi) is 5.49. The minimum Gasteiger partial charge on any atom is -0.366 e. The number of benzene rings is 2. The molecule has 1 heterocycles. The minimum absolute atomic E-state index is 0.0378. The Hall–Kier alpha value is -3.22. The van der Waals surface area contributed by atoms with E-state index in [9.17, 15) is 18.8 Å². The van der Waals surface area contributed by atoms with Gasteiger partial charge >= 0.3 is 0 Å². The third kappa shape index (κ3) is 4.13. The average molecular weight is 369 g/mol. The first-order valence-corrected chi connectivity index (χ1v) is 8.71. The number of amides is 3. The first kappa shape index (κ1) is 18.6. The van der Waals surface area contributed by atoms with E-state index in [0.29, 0.717) is 31.6 Å². The molecule has 2 aromatic rings. The van der Waals surface area contributed by atoms with Crippen LogP contribution < -0.4 is 11.1 Å². The maximum Gasteiger partial charge on any atom is 0.256 e. The average Bonchev–Trinajstić information content (AvgIpc) is 2.68. The normalized spacial score (nSPS) is 14.6. The highest BCUT2D eigenvalue weighted by molar-refractivity contribution is 6.03. The topological polar surface area (TPSA) is 92.5 Å². The van der Waals surface area contributed by atoms with Gasteiger partial charge in [-0.15, -0.1) is 0 Å². The molecular formula is C20H20FN3O3. The highest BCUT2D eigenvalue weighted by Crippen LogP contribution is 2.23. The van der Waals surface area contributed by atoms with Crippen LogP contribution in [0.1, 0.15) is 33.6 Å². The van der Waals surface area contributed by atoms with E-state index in [1.54, 1.807) is 35.2 Å². The summed E-state index contributed by atoms with van der Waals surface area (Å²) in [6.07, 6.45) is 0.926. The molecule has 0 unspecified atom stereocenters. The van der Waals surface area contributed by atoms with Gasteiger partial charge in [0.2, 0.25) is 5.91 Å². The Morgan fingerprint density at radius 1 is 0.963 bits per heavy atom. The number of nitrogens with two attached hydrogens (primary N) is 1. The maximum atomic E-state index is 13.8. The van der Waals surface area contributed by atoms with Crippen molar-refractivity contribution in [1.82, 2.24) is 4.90 Å². The van der Waals surface area contributed by atoms with Crippen LogP contribution in [0.15, 0.2) is 48.5 Å². The number of carbonyl (C=O) groups is 3. The Labute approximate surface area is 156 Å². The SMILES string of the molecule is NC(=O)c1ccccc1NC(=O)C1CCN(C(=O)c2ccccc2F)CC1. The molecule has 2 aromatic carbocycles. The second-order valence-electron chi connectivity index (χ2n) is 6.45. The number of nitrogens with one attached hydrogen (secondary N) is 1. The summed E-state index contributed by atoms with van der Waals surface area (Å²) in [7, 11) is 0. The lowest BCUT2D eigenvalue weighted by Gasteiger charge is -2.31. The van der Waals surface area contributed by atoms with Gasteiger partial charge in [0.1, 0.15) is 5.82 Å². The second-order valence-corrected chi connectivity index (χ2v) is 6.45. The number of primary amides is 1. The summed E-state index contributed by atoms with van der Waals surface area (Å²) in [5.41, 5.74) is 5.98. The number of piperidine rings is 1. The van der Waals surface area contributed by atoms with Gasteiger partial charge in [0.25, 0.3) is 11.8 Å². The molecule has 0 aliphatic carbocycles. The fourth-order valence-corrected chi connectivity index (χ4v) is 3.19. The van der Waals surface area contributed by atoms with Crippen molar-refractivity contribution in [3.8, 4) is 0 Å². The lowest BCUT2D eigenvalue weighted by atomic mass is 9.95. The van der Waals surface area contributed by atoms with Crippen LogP contribution in [-0.2, 0) is 4.79 Å². The number of likely N-dealkylation sites (tertiary alicyclic amines) is 1. The zero-order chi connectivity index (χ0) is 19.4. The van der Waals surface area contributed by atoms with Gasteiger partial charge in [-0.05, 0) is 37.1 Å². The number of carbonyl (C=O) groups excluding carboxylic acids is 3. The van der Waals surface area contributed by atoms with Gasteiger partial charge < -0.3 is 16.0 Å². The van der Waals surface area contributed by atoms with Crippen LogP contribution in [0.2, 0.25) is 0 Å². The van der Waals surface area contributed by atoms with E-state index in [-0.39, 0.29) is 28.9 Å². The molecule has 140 valence electrons. The molecule has 0 aromatic heterocycles. The van der Waals surface area contributed by atoms with E-state index in [2.05, 4.69) is 5.32 Å². The van der Waals surface area contributed by atoms with Crippen molar-refractivity contribution in [2.24, 2.45) is 11.7 Å². The molecule has 3 rings (SSSR count). The molecule has 27 heavy (non-hydrogen) atoms. The van der Waals surface area contributed by atoms with Crippen LogP contribution in [0.4, 0.5) is 10.1 Å². The fourth-order valence-electron chi connectivity index (χ4n) is 3.19. The Balaban J connectivity index is 1.61. The monoisotopic (exact) mass is 369 g/mol. The molecule has 6 nitrogen and oxygen atoms in total. The van der Waals surface area contributed by atoms with E-state index >= 15 is 0 Å². The molecule has 0 radical (unpaired) electrons. The minimum atomic E-state index is -0.615. The van der Waals surface area contributed by atoms with Crippen molar-refractivity contribution < 1.29 is 18.8 Å². The Morgan fingerprint density at radius 2 is 1.56 bits per heavy atom. The van der Waals surface area contributed by atoms with Crippen molar-refractivity contribution in [2.75, 3.05) is 18.4 Å². The Morgan fingerprint density at radius 3 is 2.19 bits per heavy atom. The van der Waals surface area contributed by atoms with Gasteiger partial charge in [-0.25, -0.2) is 4.39 Å². The van der Waals surface area contributed by atoms with Gasteiger partial charge in [-0.1, -0.05) is 24.3 Å². The van der Waals surface area contributed by atoms with E-state index in [1.165, 1.54) is 18.2 Å². The zero-order valence-corrected chi connectivity index (χ0v) is 14.7. The molecule has 7 heteroatoms. The number of rotatable bonds is 4. The van der Waals surface area contributed by atoms with Crippen molar-refractivity contribution in [3.63, 3.8) is 0 Å². The van der Waals surface area contributed by atoms with Crippen LogP contribution in [0.3, 0.4) is 0 Å². The standard InChI is InChI=1S/C20H20FN3O3/c21-16-7-3-1-5-14(16)20(27)24-11-9-13(10-12-24)19(26)23-17-8-4-2-6-15(17)18(22)25/h1-8,13H,9-12H2,(H2,22,25)(H,23,26). The predicted molar refractivity (Wildman–Crippen MR) is 98.6 cm³/mol. The van der Waals surface area contributed by atoms with Crippen LogP contribution >= 0.6 is 0 Å². The van der Waals surface area contributed by atoms with Crippen LogP contribution in [0.25, 0.3) is 0 Å². The van der Waals surface area contributed by atoms with E-state index in [0.717, 1.165) is 0 Å². The van der Waals surface area contributed by atoms with Gasteiger partial charge in [0, 0.05) is 19.0 Å². The largest absolute Gasteiger partial charge is 0.366 e. The molecule has 1 fully saturated rings. The summed E-state index contributed by atoms with van der Waals surface area (Å²) < 4.78 is 13.8. The van der Waals surface area contributed by atoms with E-state index < -0.39 is 11.7 Å². The highest BCUT2D eigenvalue weighted by atomic mass is 19.1. The van der Waals surface area contributed by atoms with Gasteiger partial charge in [-0.2, -0.15) is 0 Å². The fraction of sp³-hybridized carbons (Fsp3) is 0.250. The number of anilines is 1. The predicted octanol–water partition coefficient (Wildman–Crippen LogP) is 2.42. The first-order valence-electron chi connectivity index (χ1n) is 8.71. The lowest BCUT2D eigenvalue weighted by Crippen LogP contribution is -2.41. The smallest absolute Gasteiger partial charge is 0.256 e. The third-order valence-corrected chi connectivity index (χ3v) is 4.71. The molecule has 0 saturated carbocycles. The van der Waals surface area contributed by atoms with Crippen LogP contribution in [-0.4, -0.2) is 35.7 Å². The summed E-state index contributed by atoms with van der Waals surface area (Å²) in [4.78, 5) is 38.0. The quantitative estimate of drug-likeness (QED) is 0.867. The third-order valence-electron chi connectivity index (χ3n) is 4.71. The number of para-hydroxylation sites is 1. The number of hydrogen-bond donors (Lipinski definition) is 2. The number of hydrogen-bond acceptors (Lipinski definition) is 3. The van der Waals surface area contributed by atoms with Crippen molar-refractivity contribution in [1.29, 1.82) is 0 Å². The summed E-state index contributed by atoms with van der Waals surface area (Å²) in [6, 6.07) is 12.4. The van der Waals surface area contributed by atoms with Crippen LogP contribution in [0, 0.1) is 11.7 Å². The number of halogens is 1. The summed E-state index contributed by atoms with van der Waals surface area (Å²) >= 11 is 0. The van der Waals surface area contributed by atoms with E-state index in [1.807, 2.05) is 0 Å². The molecule has 0 spiro atoms.